The first-order valence-electron chi connectivity index (χ1n) is 6.87. The number of rotatable bonds is 5. The molecule has 1 aliphatic heterocycles. The maximum absolute atomic E-state index is 12.1. The number of hydrogen-bond acceptors (Lipinski definition) is 3. The topological polar surface area (TPSA) is 58.6 Å². The molecule has 0 saturated carbocycles. The Morgan fingerprint density at radius 3 is 3.00 bits per heavy atom. The first kappa shape index (κ1) is 14.4. The molecule has 1 heterocycles. The minimum absolute atomic E-state index is 0.0186. The largest absolute Gasteiger partial charge is 0.497 e. The molecule has 0 radical (unpaired) electrons. The smallest absolute Gasteiger partial charge is 0.227 e. The SMILES string of the molecule is CCCNC(=O)[C@H]1CC(=O)N(c2cccc(OC)c2)C1. The van der Waals surface area contributed by atoms with Gasteiger partial charge in [0.25, 0.3) is 0 Å². The van der Waals surface area contributed by atoms with Crippen LogP contribution in [-0.4, -0.2) is 32.0 Å². The molecule has 2 rings (SSSR count). The number of carbonyl (C=O) groups is 2. The Hall–Kier alpha value is -2.04. The van der Waals surface area contributed by atoms with Gasteiger partial charge in [0.2, 0.25) is 11.8 Å². The molecule has 108 valence electrons. The summed E-state index contributed by atoms with van der Waals surface area (Å²) in [5.74, 6) is 0.384. The first-order chi connectivity index (χ1) is 9.65. The Morgan fingerprint density at radius 2 is 2.30 bits per heavy atom. The van der Waals surface area contributed by atoms with Crippen LogP contribution in [0.15, 0.2) is 24.3 Å². The third-order valence-electron chi connectivity index (χ3n) is 3.41. The number of ether oxygens (including phenoxy) is 1. The Morgan fingerprint density at radius 1 is 1.50 bits per heavy atom. The monoisotopic (exact) mass is 276 g/mol. The maximum Gasteiger partial charge on any atom is 0.227 e. The van der Waals surface area contributed by atoms with E-state index >= 15 is 0 Å². The molecule has 1 atom stereocenters. The summed E-state index contributed by atoms with van der Waals surface area (Å²) in [6, 6.07) is 7.33. The van der Waals surface area contributed by atoms with Crippen molar-refractivity contribution in [3.8, 4) is 5.75 Å². The van der Waals surface area contributed by atoms with Gasteiger partial charge in [0, 0.05) is 31.3 Å². The zero-order valence-electron chi connectivity index (χ0n) is 11.9. The van der Waals surface area contributed by atoms with Crippen molar-refractivity contribution in [1.82, 2.24) is 5.32 Å². The van der Waals surface area contributed by atoms with Crippen LogP contribution in [0, 0.1) is 5.92 Å². The van der Waals surface area contributed by atoms with E-state index in [1.807, 2.05) is 31.2 Å². The second-order valence-corrected chi connectivity index (χ2v) is 4.90. The van der Waals surface area contributed by atoms with Gasteiger partial charge in [0.1, 0.15) is 5.75 Å². The maximum atomic E-state index is 12.1. The van der Waals surface area contributed by atoms with E-state index in [0.717, 1.165) is 12.1 Å². The van der Waals surface area contributed by atoms with E-state index in [9.17, 15) is 9.59 Å². The van der Waals surface area contributed by atoms with Crippen LogP contribution in [-0.2, 0) is 9.59 Å². The van der Waals surface area contributed by atoms with Crippen molar-refractivity contribution in [3.05, 3.63) is 24.3 Å². The lowest BCUT2D eigenvalue weighted by atomic mass is 10.1. The molecule has 1 aromatic rings. The van der Waals surface area contributed by atoms with Crippen LogP contribution in [0.2, 0.25) is 0 Å². The summed E-state index contributed by atoms with van der Waals surface area (Å²) in [5.41, 5.74) is 0.778. The Labute approximate surface area is 118 Å². The summed E-state index contributed by atoms with van der Waals surface area (Å²) in [7, 11) is 1.59. The van der Waals surface area contributed by atoms with Gasteiger partial charge in [-0.25, -0.2) is 0 Å². The van der Waals surface area contributed by atoms with Gasteiger partial charge in [-0.3, -0.25) is 9.59 Å². The number of nitrogens with one attached hydrogen (secondary N) is 1. The first-order valence-corrected chi connectivity index (χ1v) is 6.87. The number of anilines is 1. The summed E-state index contributed by atoms with van der Waals surface area (Å²) < 4.78 is 5.16. The zero-order chi connectivity index (χ0) is 14.5. The molecule has 1 fully saturated rings. The van der Waals surface area contributed by atoms with E-state index < -0.39 is 0 Å². The van der Waals surface area contributed by atoms with Crippen LogP contribution in [0.3, 0.4) is 0 Å². The van der Waals surface area contributed by atoms with Gasteiger partial charge < -0.3 is 15.0 Å². The number of hydrogen-bond donors (Lipinski definition) is 1. The summed E-state index contributed by atoms with van der Waals surface area (Å²) in [6.07, 6.45) is 1.17. The molecular weight excluding hydrogens is 256 g/mol. The molecule has 1 aromatic carbocycles. The summed E-state index contributed by atoms with van der Waals surface area (Å²) in [4.78, 5) is 25.7. The number of nitrogens with zero attached hydrogens (tertiary/aromatic N) is 1. The predicted octanol–water partition coefficient (Wildman–Crippen LogP) is 1.57. The lowest BCUT2D eigenvalue weighted by Crippen LogP contribution is -2.33. The number of benzene rings is 1. The zero-order valence-corrected chi connectivity index (χ0v) is 11.9. The average molecular weight is 276 g/mol. The Kier molecular flexibility index (Phi) is 4.61. The molecule has 0 unspecified atom stereocenters. The van der Waals surface area contributed by atoms with Gasteiger partial charge in [-0.2, -0.15) is 0 Å². The van der Waals surface area contributed by atoms with Crippen LogP contribution in [0.1, 0.15) is 19.8 Å². The van der Waals surface area contributed by atoms with Crippen LogP contribution in [0.25, 0.3) is 0 Å². The summed E-state index contributed by atoms with van der Waals surface area (Å²) in [5, 5.41) is 2.85. The van der Waals surface area contributed by atoms with E-state index in [1.54, 1.807) is 12.0 Å². The van der Waals surface area contributed by atoms with Gasteiger partial charge in [-0.05, 0) is 18.6 Å². The van der Waals surface area contributed by atoms with Crippen molar-refractivity contribution < 1.29 is 14.3 Å². The van der Waals surface area contributed by atoms with Crippen LogP contribution in [0.4, 0.5) is 5.69 Å². The quantitative estimate of drug-likeness (QED) is 0.888. The van der Waals surface area contributed by atoms with Crippen molar-refractivity contribution in [2.75, 3.05) is 25.1 Å². The van der Waals surface area contributed by atoms with Gasteiger partial charge in [-0.1, -0.05) is 13.0 Å². The lowest BCUT2D eigenvalue weighted by Gasteiger charge is -2.17. The van der Waals surface area contributed by atoms with Crippen molar-refractivity contribution >= 4 is 17.5 Å². The predicted molar refractivity (Wildman–Crippen MR) is 76.8 cm³/mol. The molecule has 5 heteroatoms. The number of carbonyl (C=O) groups excluding carboxylic acids is 2. The standard InChI is InChI=1S/C15H20N2O3/c1-3-7-16-15(19)11-8-14(18)17(10-11)12-5-4-6-13(9-12)20-2/h4-6,9,11H,3,7-8,10H2,1-2H3,(H,16,19)/t11-/m0/s1. The van der Waals surface area contributed by atoms with Crippen LogP contribution < -0.4 is 15.0 Å². The molecule has 1 N–H and O–H groups in total. The van der Waals surface area contributed by atoms with E-state index in [0.29, 0.717) is 18.8 Å². The lowest BCUT2D eigenvalue weighted by molar-refractivity contribution is -0.126. The van der Waals surface area contributed by atoms with Crippen molar-refractivity contribution in [1.29, 1.82) is 0 Å². The molecule has 20 heavy (non-hydrogen) atoms. The van der Waals surface area contributed by atoms with Crippen molar-refractivity contribution in [2.24, 2.45) is 5.92 Å². The van der Waals surface area contributed by atoms with E-state index in [1.165, 1.54) is 0 Å². The number of methoxy groups -OCH3 is 1. The highest BCUT2D eigenvalue weighted by Crippen LogP contribution is 2.27. The molecule has 0 aliphatic carbocycles. The molecule has 2 amide bonds. The van der Waals surface area contributed by atoms with Crippen LogP contribution in [0.5, 0.6) is 5.75 Å². The molecule has 1 saturated heterocycles. The fourth-order valence-corrected chi connectivity index (χ4v) is 2.30. The molecule has 0 bridgehead atoms. The highest BCUT2D eigenvalue weighted by atomic mass is 16.5. The Balaban J connectivity index is 2.07. The van der Waals surface area contributed by atoms with E-state index in [-0.39, 0.29) is 24.2 Å². The van der Waals surface area contributed by atoms with Gasteiger partial charge >= 0.3 is 0 Å². The second-order valence-electron chi connectivity index (χ2n) is 4.90. The van der Waals surface area contributed by atoms with E-state index in [4.69, 9.17) is 4.74 Å². The number of amides is 2. The summed E-state index contributed by atoms with van der Waals surface area (Å²) in [6.45, 7) is 3.09. The van der Waals surface area contributed by atoms with Crippen molar-refractivity contribution in [2.45, 2.75) is 19.8 Å². The van der Waals surface area contributed by atoms with Gasteiger partial charge in [-0.15, -0.1) is 0 Å². The molecule has 0 aromatic heterocycles. The average Bonchev–Trinajstić information content (AvgIpc) is 2.87. The Bertz CT molecular complexity index is 502. The molecule has 1 aliphatic rings. The third-order valence-corrected chi connectivity index (χ3v) is 3.41. The minimum Gasteiger partial charge on any atom is -0.497 e. The normalized spacial score (nSPS) is 18.2. The highest BCUT2D eigenvalue weighted by molar-refractivity contribution is 6.00. The molecule has 0 spiro atoms. The fourth-order valence-electron chi connectivity index (χ4n) is 2.30. The summed E-state index contributed by atoms with van der Waals surface area (Å²) >= 11 is 0. The van der Waals surface area contributed by atoms with Crippen molar-refractivity contribution in [3.63, 3.8) is 0 Å². The van der Waals surface area contributed by atoms with E-state index in [2.05, 4.69) is 5.32 Å². The third kappa shape index (κ3) is 3.10. The highest BCUT2D eigenvalue weighted by Gasteiger charge is 2.34. The molecule has 5 nitrogen and oxygen atoms in total. The van der Waals surface area contributed by atoms with Gasteiger partial charge in [0.15, 0.2) is 0 Å². The minimum atomic E-state index is -0.264. The van der Waals surface area contributed by atoms with Crippen LogP contribution >= 0.6 is 0 Å². The molecular formula is C15H20N2O3. The van der Waals surface area contributed by atoms with Gasteiger partial charge in [0.05, 0.1) is 13.0 Å². The second kappa shape index (κ2) is 6.41. The fraction of sp³-hybridized carbons (Fsp3) is 0.467.